The summed E-state index contributed by atoms with van der Waals surface area (Å²) >= 11 is 0. The Morgan fingerprint density at radius 2 is 1.91 bits per heavy atom. The standard InChI is InChI=1S/C18H21N3O/c1-12-13(17(22)21(5)19-12)10-11-16-18(2,3)14-8-6-7-9-15(14)20(16)4/h6-10,19H,1-5H3. The molecular formula is C18H21N3O. The van der Waals surface area contributed by atoms with Gasteiger partial charge in [0, 0.05) is 30.9 Å². The zero-order valence-electron chi connectivity index (χ0n) is 13.7. The maximum atomic E-state index is 12.1. The molecule has 0 fully saturated rings. The van der Waals surface area contributed by atoms with E-state index in [9.17, 15) is 4.79 Å². The lowest BCUT2D eigenvalue weighted by atomic mass is 9.84. The topological polar surface area (TPSA) is 41.0 Å². The second kappa shape index (κ2) is 4.79. The number of aromatic amines is 1. The van der Waals surface area contributed by atoms with Crippen molar-refractivity contribution in [1.82, 2.24) is 9.78 Å². The molecule has 1 N–H and O–H groups in total. The smallest absolute Gasteiger partial charge is 0.274 e. The molecule has 2 aromatic rings. The van der Waals surface area contributed by atoms with Gasteiger partial charge in [-0.15, -0.1) is 0 Å². The van der Waals surface area contributed by atoms with Crippen LogP contribution in [0.1, 0.15) is 30.7 Å². The molecule has 0 atom stereocenters. The summed E-state index contributed by atoms with van der Waals surface area (Å²) in [5.74, 6) is 0. The van der Waals surface area contributed by atoms with E-state index in [-0.39, 0.29) is 11.0 Å². The molecule has 0 spiro atoms. The van der Waals surface area contributed by atoms with Gasteiger partial charge in [0.15, 0.2) is 0 Å². The summed E-state index contributed by atoms with van der Waals surface area (Å²) in [5.41, 5.74) is 8.28. The van der Waals surface area contributed by atoms with Crippen molar-refractivity contribution in [3.05, 3.63) is 62.9 Å². The highest BCUT2D eigenvalue weighted by Crippen LogP contribution is 2.46. The van der Waals surface area contributed by atoms with Crippen LogP contribution >= 0.6 is 0 Å². The lowest BCUT2D eigenvalue weighted by Gasteiger charge is -2.21. The van der Waals surface area contributed by atoms with Crippen molar-refractivity contribution in [2.75, 3.05) is 11.9 Å². The van der Waals surface area contributed by atoms with Crippen LogP contribution in [0.2, 0.25) is 0 Å². The number of likely N-dealkylation sites (N-methyl/N-ethyl adjacent to an activating group) is 1. The number of aryl methyl sites for hydroxylation is 2. The molecule has 0 radical (unpaired) electrons. The predicted octanol–water partition coefficient (Wildman–Crippen LogP) is 2.95. The molecule has 2 heterocycles. The fraction of sp³-hybridized carbons (Fsp3) is 0.333. The minimum atomic E-state index is -0.128. The Morgan fingerprint density at radius 3 is 2.50 bits per heavy atom. The summed E-state index contributed by atoms with van der Waals surface area (Å²) in [6, 6.07) is 8.38. The molecule has 4 heteroatoms. The molecule has 4 nitrogen and oxygen atoms in total. The van der Waals surface area contributed by atoms with Crippen LogP contribution < -0.4 is 10.5 Å². The van der Waals surface area contributed by atoms with Gasteiger partial charge >= 0.3 is 0 Å². The molecule has 1 aromatic carbocycles. The largest absolute Gasteiger partial charge is 0.341 e. The van der Waals surface area contributed by atoms with Crippen LogP contribution in [0.3, 0.4) is 0 Å². The number of aromatic nitrogens is 2. The number of para-hydroxylation sites is 1. The Morgan fingerprint density at radius 1 is 1.23 bits per heavy atom. The van der Waals surface area contributed by atoms with Gasteiger partial charge in [-0.25, -0.2) is 0 Å². The lowest BCUT2D eigenvalue weighted by molar-refractivity contribution is 0.642. The molecule has 1 aliphatic rings. The summed E-state index contributed by atoms with van der Waals surface area (Å²) in [6.07, 6.45) is 1.80. The number of hydrogen-bond acceptors (Lipinski definition) is 2. The maximum absolute atomic E-state index is 12.1. The maximum Gasteiger partial charge on any atom is 0.274 e. The summed E-state index contributed by atoms with van der Waals surface area (Å²) in [6.45, 7) is 6.28. The molecule has 0 unspecified atom stereocenters. The van der Waals surface area contributed by atoms with Crippen LogP contribution in [-0.2, 0) is 12.5 Å². The van der Waals surface area contributed by atoms with Crippen LogP contribution in [0.25, 0.3) is 6.08 Å². The third-order valence-electron chi connectivity index (χ3n) is 4.49. The minimum absolute atomic E-state index is 0.0263. The summed E-state index contributed by atoms with van der Waals surface area (Å²) in [4.78, 5) is 14.2. The molecular weight excluding hydrogens is 274 g/mol. The van der Waals surface area contributed by atoms with Crippen molar-refractivity contribution in [1.29, 1.82) is 0 Å². The number of nitrogens with zero attached hydrogens (tertiary/aromatic N) is 2. The van der Waals surface area contributed by atoms with Crippen molar-refractivity contribution < 1.29 is 0 Å². The second-order valence-corrected chi connectivity index (χ2v) is 6.35. The Kier molecular flexibility index (Phi) is 3.15. The van der Waals surface area contributed by atoms with Crippen LogP contribution in [0, 0.1) is 6.92 Å². The molecule has 0 aliphatic carbocycles. The van der Waals surface area contributed by atoms with E-state index in [0.717, 1.165) is 11.4 Å². The first kappa shape index (κ1) is 14.5. The number of fused-ring (bicyclic) bond motifs is 1. The van der Waals surface area contributed by atoms with Gasteiger partial charge in [0.05, 0.1) is 11.3 Å². The monoisotopic (exact) mass is 295 g/mol. The second-order valence-electron chi connectivity index (χ2n) is 6.35. The summed E-state index contributed by atoms with van der Waals surface area (Å²) < 4.78 is 1.49. The lowest BCUT2D eigenvalue weighted by Crippen LogP contribution is -2.22. The Hall–Kier alpha value is -2.45. The zero-order chi connectivity index (χ0) is 16.1. The van der Waals surface area contributed by atoms with Gasteiger partial charge in [-0.2, -0.15) is 0 Å². The van der Waals surface area contributed by atoms with E-state index in [1.807, 2.05) is 20.0 Å². The van der Waals surface area contributed by atoms with Gasteiger partial charge in [0.2, 0.25) is 0 Å². The summed E-state index contributed by atoms with van der Waals surface area (Å²) in [7, 11) is 3.77. The first-order chi connectivity index (χ1) is 10.3. The highest BCUT2D eigenvalue weighted by atomic mass is 16.1. The first-order valence-corrected chi connectivity index (χ1v) is 7.40. The van der Waals surface area contributed by atoms with E-state index in [1.54, 1.807) is 13.1 Å². The van der Waals surface area contributed by atoms with E-state index in [2.05, 4.69) is 47.8 Å². The molecule has 0 bridgehead atoms. The number of H-pyrrole nitrogens is 1. The number of nitrogens with one attached hydrogen (secondary N) is 1. The van der Waals surface area contributed by atoms with Gasteiger partial charge in [-0.05, 0) is 38.5 Å². The van der Waals surface area contributed by atoms with Crippen molar-refractivity contribution in [2.24, 2.45) is 7.05 Å². The number of anilines is 1. The van der Waals surface area contributed by atoms with E-state index in [4.69, 9.17) is 0 Å². The average molecular weight is 295 g/mol. The number of rotatable bonds is 1. The molecule has 0 saturated heterocycles. The Balaban J connectivity index is 2.17. The zero-order valence-corrected chi connectivity index (χ0v) is 13.7. The third-order valence-corrected chi connectivity index (χ3v) is 4.49. The van der Waals surface area contributed by atoms with Crippen molar-refractivity contribution in [3.8, 4) is 0 Å². The highest BCUT2D eigenvalue weighted by Gasteiger charge is 2.38. The van der Waals surface area contributed by atoms with Gasteiger partial charge < -0.3 is 4.90 Å². The van der Waals surface area contributed by atoms with Gasteiger partial charge in [-0.3, -0.25) is 14.6 Å². The van der Waals surface area contributed by atoms with Crippen molar-refractivity contribution in [2.45, 2.75) is 26.2 Å². The fourth-order valence-corrected chi connectivity index (χ4v) is 3.25. The van der Waals surface area contributed by atoms with E-state index in [1.165, 1.54) is 15.9 Å². The molecule has 1 aliphatic heterocycles. The highest BCUT2D eigenvalue weighted by molar-refractivity contribution is 5.70. The molecule has 22 heavy (non-hydrogen) atoms. The van der Waals surface area contributed by atoms with E-state index < -0.39 is 0 Å². The van der Waals surface area contributed by atoms with Crippen molar-refractivity contribution in [3.63, 3.8) is 0 Å². The van der Waals surface area contributed by atoms with Crippen LogP contribution in [0.4, 0.5) is 5.69 Å². The van der Waals surface area contributed by atoms with E-state index in [0.29, 0.717) is 5.56 Å². The fourth-order valence-electron chi connectivity index (χ4n) is 3.25. The van der Waals surface area contributed by atoms with Crippen molar-refractivity contribution >= 4 is 11.8 Å². The Labute approximate surface area is 130 Å². The normalized spacial score (nSPS) is 15.7. The van der Waals surface area contributed by atoms with Gasteiger partial charge in [0.25, 0.3) is 5.56 Å². The minimum Gasteiger partial charge on any atom is -0.341 e. The van der Waals surface area contributed by atoms with Crippen LogP contribution in [0.5, 0.6) is 0 Å². The SMILES string of the molecule is Cc1[nH]n(C)c(=O)c1C=C=C1N(C)c2ccccc2C1(C)C. The molecule has 114 valence electrons. The molecule has 0 amide bonds. The molecule has 1 aromatic heterocycles. The Bertz CT molecular complexity index is 861. The predicted molar refractivity (Wildman–Crippen MR) is 90.1 cm³/mol. The molecule has 0 saturated carbocycles. The number of benzene rings is 1. The van der Waals surface area contributed by atoms with Crippen LogP contribution in [0.15, 0.2) is 40.5 Å². The van der Waals surface area contributed by atoms with Crippen LogP contribution in [-0.4, -0.2) is 16.8 Å². The third kappa shape index (κ3) is 1.96. The van der Waals surface area contributed by atoms with E-state index >= 15 is 0 Å². The van der Waals surface area contributed by atoms with Gasteiger partial charge in [0.1, 0.15) is 0 Å². The molecule has 3 rings (SSSR count). The quantitative estimate of drug-likeness (QED) is 0.822. The average Bonchev–Trinajstić information content (AvgIpc) is 2.83. The first-order valence-electron chi connectivity index (χ1n) is 7.40. The number of hydrogen-bond donors (Lipinski definition) is 1. The van der Waals surface area contributed by atoms with Gasteiger partial charge in [-0.1, -0.05) is 23.9 Å². The number of allylic oxidation sites excluding steroid dienone is 1. The summed E-state index contributed by atoms with van der Waals surface area (Å²) in [5, 5.41) is 3.01.